The van der Waals surface area contributed by atoms with Crippen LogP contribution < -0.4 is 0 Å². The van der Waals surface area contributed by atoms with Crippen LogP contribution in [0.5, 0.6) is 0 Å². The summed E-state index contributed by atoms with van der Waals surface area (Å²) < 4.78 is 28.4. The van der Waals surface area contributed by atoms with E-state index in [1.807, 2.05) is 6.07 Å². The number of benzene rings is 2. The molecule has 6 heteroatoms. The Kier molecular flexibility index (Phi) is 3.62. The Morgan fingerprint density at radius 1 is 1.05 bits per heavy atom. The van der Waals surface area contributed by atoms with Gasteiger partial charge in [-0.15, -0.1) is 5.10 Å². The van der Waals surface area contributed by atoms with E-state index in [1.165, 1.54) is 22.9 Å². The van der Waals surface area contributed by atoms with Crippen molar-refractivity contribution in [3.05, 3.63) is 71.4 Å². The number of nitriles is 1. The van der Waals surface area contributed by atoms with E-state index in [9.17, 15) is 8.78 Å². The molecule has 1 aromatic heterocycles. The van der Waals surface area contributed by atoms with Crippen molar-refractivity contribution in [3.8, 4) is 17.3 Å². The predicted octanol–water partition coefficient (Wildman–Crippen LogP) is 3.14. The van der Waals surface area contributed by atoms with Gasteiger partial charge in [0.05, 0.1) is 6.54 Å². The first-order chi connectivity index (χ1) is 10.7. The Labute approximate surface area is 125 Å². The zero-order valence-electron chi connectivity index (χ0n) is 11.4. The Morgan fingerprint density at radius 3 is 2.45 bits per heavy atom. The molecule has 1 heterocycles. The Balaban J connectivity index is 2.06. The second-order valence-electron chi connectivity index (χ2n) is 4.66. The lowest BCUT2D eigenvalue weighted by Crippen LogP contribution is -2.05. The molecular formula is C16H10F2N4. The highest BCUT2D eigenvalue weighted by molar-refractivity contribution is 5.65. The molecule has 22 heavy (non-hydrogen) atoms. The van der Waals surface area contributed by atoms with Gasteiger partial charge in [-0.05, 0) is 29.8 Å². The molecule has 0 saturated heterocycles. The zero-order chi connectivity index (χ0) is 15.5. The predicted molar refractivity (Wildman–Crippen MR) is 75.6 cm³/mol. The minimum absolute atomic E-state index is 0.0483. The standard InChI is InChI=1S/C16H10F2N4/c17-12-7-5-11(6-8-12)10-22-16(15(9-19)20-21-22)13-3-1-2-4-14(13)18/h1-8H,10H2. The number of halogens is 2. The van der Waals surface area contributed by atoms with Crippen LogP contribution in [0.3, 0.4) is 0 Å². The molecule has 108 valence electrons. The minimum atomic E-state index is -0.457. The molecule has 2 aromatic carbocycles. The summed E-state index contributed by atoms with van der Waals surface area (Å²) in [5.41, 5.74) is 1.39. The molecule has 0 saturated carbocycles. The number of nitrogens with zero attached hydrogens (tertiary/aromatic N) is 4. The fourth-order valence-corrected chi connectivity index (χ4v) is 2.18. The second kappa shape index (κ2) is 5.74. The van der Waals surface area contributed by atoms with Crippen LogP contribution in [0.25, 0.3) is 11.3 Å². The first-order valence-corrected chi connectivity index (χ1v) is 6.52. The third-order valence-corrected chi connectivity index (χ3v) is 3.22. The third kappa shape index (κ3) is 2.56. The lowest BCUT2D eigenvalue weighted by molar-refractivity contribution is 0.616. The summed E-state index contributed by atoms with van der Waals surface area (Å²) in [4.78, 5) is 0. The van der Waals surface area contributed by atoms with Crippen LogP contribution in [0, 0.1) is 23.0 Å². The Bertz CT molecular complexity index is 847. The van der Waals surface area contributed by atoms with Gasteiger partial charge in [0.2, 0.25) is 0 Å². The molecule has 0 atom stereocenters. The maximum atomic E-state index is 14.0. The van der Waals surface area contributed by atoms with Crippen molar-refractivity contribution < 1.29 is 8.78 Å². The smallest absolute Gasteiger partial charge is 0.190 e. The molecule has 0 fully saturated rings. The van der Waals surface area contributed by atoms with Crippen LogP contribution in [-0.4, -0.2) is 15.0 Å². The highest BCUT2D eigenvalue weighted by Crippen LogP contribution is 2.25. The monoisotopic (exact) mass is 296 g/mol. The van der Waals surface area contributed by atoms with E-state index >= 15 is 0 Å². The molecule has 0 aliphatic heterocycles. The van der Waals surface area contributed by atoms with Crippen LogP contribution in [-0.2, 0) is 6.54 Å². The normalized spacial score (nSPS) is 10.4. The first kappa shape index (κ1) is 13.9. The van der Waals surface area contributed by atoms with E-state index in [2.05, 4.69) is 10.3 Å². The first-order valence-electron chi connectivity index (χ1n) is 6.52. The van der Waals surface area contributed by atoms with Crippen molar-refractivity contribution in [3.63, 3.8) is 0 Å². The van der Waals surface area contributed by atoms with Gasteiger partial charge in [0.25, 0.3) is 0 Å². The molecule has 0 aliphatic carbocycles. The Hall–Kier alpha value is -3.07. The van der Waals surface area contributed by atoms with Crippen molar-refractivity contribution in [1.82, 2.24) is 15.0 Å². The molecule has 0 amide bonds. The zero-order valence-corrected chi connectivity index (χ0v) is 11.4. The molecule has 3 rings (SSSR count). The summed E-state index contributed by atoms with van der Waals surface area (Å²) in [5, 5.41) is 16.8. The molecule has 0 spiro atoms. The van der Waals surface area contributed by atoms with E-state index in [0.717, 1.165) is 5.56 Å². The number of rotatable bonds is 3. The molecule has 0 N–H and O–H groups in total. The topological polar surface area (TPSA) is 54.5 Å². The largest absolute Gasteiger partial charge is 0.239 e. The van der Waals surface area contributed by atoms with Crippen molar-refractivity contribution in [2.75, 3.05) is 0 Å². The van der Waals surface area contributed by atoms with Gasteiger partial charge in [-0.25, -0.2) is 13.5 Å². The summed E-state index contributed by atoms with van der Waals surface area (Å²) in [6.07, 6.45) is 0. The van der Waals surface area contributed by atoms with Gasteiger partial charge in [-0.3, -0.25) is 0 Å². The molecule has 4 nitrogen and oxygen atoms in total. The van der Waals surface area contributed by atoms with E-state index in [0.29, 0.717) is 5.69 Å². The maximum absolute atomic E-state index is 14.0. The Morgan fingerprint density at radius 2 is 1.77 bits per heavy atom. The molecule has 0 aliphatic rings. The van der Waals surface area contributed by atoms with Gasteiger partial charge in [0, 0.05) is 5.56 Å². The molecule has 3 aromatic rings. The van der Waals surface area contributed by atoms with Gasteiger partial charge in [0.15, 0.2) is 5.69 Å². The van der Waals surface area contributed by atoms with E-state index < -0.39 is 5.82 Å². The summed E-state index contributed by atoms with van der Waals surface area (Å²) >= 11 is 0. The summed E-state index contributed by atoms with van der Waals surface area (Å²) in [6, 6.07) is 13.9. The van der Waals surface area contributed by atoms with Crippen LogP contribution in [0.4, 0.5) is 8.78 Å². The fourth-order valence-electron chi connectivity index (χ4n) is 2.18. The number of hydrogen-bond donors (Lipinski definition) is 0. The molecule has 0 radical (unpaired) electrons. The van der Waals surface area contributed by atoms with Gasteiger partial charge >= 0.3 is 0 Å². The molecule has 0 unspecified atom stereocenters. The van der Waals surface area contributed by atoms with Crippen molar-refractivity contribution in [1.29, 1.82) is 5.26 Å². The lowest BCUT2D eigenvalue weighted by Gasteiger charge is -2.08. The van der Waals surface area contributed by atoms with Gasteiger partial charge in [0.1, 0.15) is 23.4 Å². The van der Waals surface area contributed by atoms with Gasteiger partial charge in [-0.2, -0.15) is 5.26 Å². The average molecular weight is 296 g/mol. The number of aromatic nitrogens is 3. The van der Waals surface area contributed by atoms with Gasteiger partial charge < -0.3 is 0 Å². The SMILES string of the molecule is N#Cc1nnn(Cc2ccc(F)cc2)c1-c1ccccc1F. The van der Waals surface area contributed by atoms with Gasteiger partial charge in [-0.1, -0.05) is 29.5 Å². The van der Waals surface area contributed by atoms with Crippen molar-refractivity contribution in [2.24, 2.45) is 0 Å². The fraction of sp³-hybridized carbons (Fsp3) is 0.0625. The summed E-state index contributed by atoms with van der Waals surface area (Å²) in [6.45, 7) is 0.263. The third-order valence-electron chi connectivity index (χ3n) is 3.22. The van der Waals surface area contributed by atoms with Crippen molar-refractivity contribution >= 4 is 0 Å². The van der Waals surface area contributed by atoms with Crippen LogP contribution in [0.2, 0.25) is 0 Å². The summed E-state index contributed by atoms with van der Waals surface area (Å²) in [5.74, 6) is -0.795. The van der Waals surface area contributed by atoms with E-state index in [4.69, 9.17) is 5.26 Å². The molecular weight excluding hydrogens is 286 g/mol. The molecule has 0 bridgehead atoms. The number of hydrogen-bond acceptors (Lipinski definition) is 3. The second-order valence-corrected chi connectivity index (χ2v) is 4.66. The van der Waals surface area contributed by atoms with Crippen LogP contribution >= 0.6 is 0 Å². The van der Waals surface area contributed by atoms with E-state index in [1.54, 1.807) is 30.3 Å². The average Bonchev–Trinajstić information content (AvgIpc) is 2.93. The highest BCUT2D eigenvalue weighted by Gasteiger charge is 2.18. The van der Waals surface area contributed by atoms with E-state index in [-0.39, 0.29) is 23.6 Å². The highest BCUT2D eigenvalue weighted by atomic mass is 19.1. The van der Waals surface area contributed by atoms with Crippen LogP contribution in [0.1, 0.15) is 11.3 Å². The summed E-state index contributed by atoms with van der Waals surface area (Å²) in [7, 11) is 0. The van der Waals surface area contributed by atoms with Crippen LogP contribution in [0.15, 0.2) is 48.5 Å². The minimum Gasteiger partial charge on any atom is -0.239 e. The lowest BCUT2D eigenvalue weighted by atomic mass is 10.1. The maximum Gasteiger partial charge on any atom is 0.190 e. The van der Waals surface area contributed by atoms with Crippen molar-refractivity contribution in [2.45, 2.75) is 6.54 Å². The quantitative estimate of drug-likeness (QED) is 0.746.